The molecule has 2 heterocycles. The third-order valence-corrected chi connectivity index (χ3v) is 7.00. The molecule has 2 aliphatic rings. The molecule has 0 saturated carbocycles. The second-order valence-electron chi connectivity index (χ2n) is 8.60. The molecule has 2 aromatic rings. The van der Waals surface area contributed by atoms with Crippen LogP contribution in [0.5, 0.6) is 0 Å². The van der Waals surface area contributed by atoms with E-state index in [0.29, 0.717) is 10.9 Å². The van der Waals surface area contributed by atoms with Crippen LogP contribution in [0.15, 0.2) is 54.6 Å². The van der Waals surface area contributed by atoms with Crippen LogP contribution in [-0.2, 0) is 11.2 Å². The Balaban J connectivity index is 1.20. The molecule has 0 radical (unpaired) electrons. The Morgan fingerprint density at radius 2 is 1.52 bits per heavy atom. The fourth-order valence-corrected chi connectivity index (χ4v) is 4.97. The van der Waals surface area contributed by atoms with Gasteiger partial charge in [0.15, 0.2) is 0 Å². The number of likely N-dealkylation sites (tertiary alicyclic amines) is 1. The van der Waals surface area contributed by atoms with Gasteiger partial charge in [-0.3, -0.25) is 4.79 Å². The molecule has 1 amide bonds. The number of unbranched alkanes of at least 4 members (excludes halogenated alkanes) is 2. The van der Waals surface area contributed by atoms with Gasteiger partial charge in [0.05, 0.1) is 5.41 Å². The first-order valence-electron chi connectivity index (χ1n) is 11.0. The lowest BCUT2D eigenvalue weighted by atomic mass is 9.77. The van der Waals surface area contributed by atoms with Gasteiger partial charge in [0.2, 0.25) is 5.91 Å². The molecule has 29 heavy (non-hydrogen) atoms. The zero-order valence-corrected chi connectivity index (χ0v) is 17.9. The second kappa shape index (κ2) is 9.32. The van der Waals surface area contributed by atoms with Crippen molar-refractivity contribution in [1.29, 1.82) is 0 Å². The summed E-state index contributed by atoms with van der Waals surface area (Å²) in [4.78, 5) is 17.7. The van der Waals surface area contributed by atoms with Crippen molar-refractivity contribution in [3.8, 4) is 0 Å². The number of rotatable bonds is 7. The number of hydrogen-bond acceptors (Lipinski definition) is 2. The number of carbonyl (C=O) groups excluding carboxylic acids is 1. The van der Waals surface area contributed by atoms with E-state index in [1.165, 1.54) is 37.8 Å². The number of benzene rings is 2. The third kappa shape index (κ3) is 4.84. The average molecular weight is 411 g/mol. The van der Waals surface area contributed by atoms with Crippen LogP contribution in [0.25, 0.3) is 0 Å². The Morgan fingerprint density at radius 3 is 2.24 bits per heavy atom. The van der Waals surface area contributed by atoms with Crippen molar-refractivity contribution in [2.24, 2.45) is 5.41 Å². The molecular weight excluding hydrogens is 380 g/mol. The Morgan fingerprint density at radius 1 is 0.828 bits per heavy atom. The van der Waals surface area contributed by atoms with Gasteiger partial charge < -0.3 is 9.80 Å². The minimum atomic E-state index is -0.135. The molecule has 0 aromatic heterocycles. The quantitative estimate of drug-likeness (QED) is 0.557. The number of carbonyl (C=O) groups is 1. The van der Waals surface area contributed by atoms with Crippen LogP contribution in [0.4, 0.5) is 5.69 Å². The molecule has 0 unspecified atom stereocenters. The SMILES string of the molecule is O=C1N(c2ccc(Cl)cc2)CCC12CCN(CCCCCc1ccccc1)CC2. The summed E-state index contributed by atoms with van der Waals surface area (Å²) in [5, 5.41) is 0.715. The lowest BCUT2D eigenvalue weighted by Gasteiger charge is -2.38. The van der Waals surface area contributed by atoms with E-state index in [4.69, 9.17) is 11.6 Å². The average Bonchev–Trinajstić information content (AvgIpc) is 3.06. The smallest absolute Gasteiger partial charge is 0.233 e. The maximum absolute atomic E-state index is 13.2. The molecule has 2 saturated heterocycles. The topological polar surface area (TPSA) is 23.6 Å². The molecule has 0 atom stereocenters. The highest BCUT2D eigenvalue weighted by Gasteiger charge is 2.48. The van der Waals surface area contributed by atoms with E-state index in [1.807, 2.05) is 29.2 Å². The van der Waals surface area contributed by atoms with Crippen LogP contribution in [0.3, 0.4) is 0 Å². The Bertz CT molecular complexity index is 797. The van der Waals surface area contributed by atoms with Crippen molar-refractivity contribution in [3.63, 3.8) is 0 Å². The van der Waals surface area contributed by atoms with E-state index in [2.05, 4.69) is 35.2 Å². The van der Waals surface area contributed by atoms with E-state index < -0.39 is 0 Å². The molecule has 2 aromatic carbocycles. The van der Waals surface area contributed by atoms with Crippen molar-refractivity contribution >= 4 is 23.2 Å². The molecule has 154 valence electrons. The summed E-state index contributed by atoms with van der Waals surface area (Å²) in [5.74, 6) is 0.322. The van der Waals surface area contributed by atoms with Crippen molar-refractivity contribution < 1.29 is 4.79 Å². The van der Waals surface area contributed by atoms with E-state index in [0.717, 1.165) is 44.6 Å². The lowest BCUT2D eigenvalue weighted by molar-refractivity contribution is -0.128. The van der Waals surface area contributed by atoms with Gasteiger partial charge in [-0.15, -0.1) is 0 Å². The molecule has 4 heteroatoms. The van der Waals surface area contributed by atoms with Crippen molar-refractivity contribution in [3.05, 3.63) is 65.2 Å². The molecule has 3 nitrogen and oxygen atoms in total. The van der Waals surface area contributed by atoms with Gasteiger partial charge in [0, 0.05) is 17.3 Å². The maximum Gasteiger partial charge on any atom is 0.233 e. The predicted molar refractivity (Wildman–Crippen MR) is 121 cm³/mol. The van der Waals surface area contributed by atoms with Crippen LogP contribution in [0, 0.1) is 5.41 Å². The van der Waals surface area contributed by atoms with Crippen LogP contribution >= 0.6 is 11.6 Å². The standard InChI is InChI=1S/C25H31ClN2O/c26-22-10-12-23(13-11-22)28-20-16-25(24(28)29)14-18-27(19-15-25)17-6-2-5-9-21-7-3-1-4-8-21/h1,3-4,7-8,10-13H,2,5-6,9,14-20H2. The van der Waals surface area contributed by atoms with Crippen molar-refractivity contribution in [2.45, 2.75) is 44.9 Å². The summed E-state index contributed by atoms with van der Waals surface area (Å²) < 4.78 is 0. The fraction of sp³-hybridized carbons (Fsp3) is 0.480. The van der Waals surface area contributed by atoms with Gasteiger partial charge >= 0.3 is 0 Å². The molecular formula is C25H31ClN2O. The van der Waals surface area contributed by atoms with E-state index in [-0.39, 0.29) is 5.41 Å². The molecule has 0 aliphatic carbocycles. The van der Waals surface area contributed by atoms with E-state index >= 15 is 0 Å². The first-order valence-corrected chi connectivity index (χ1v) is 11.4. The largest absolute Gasteiger partial charge is 0.312 e. The Kier molecular flexibility index (Phi) is 6.56. The normalized spacial score (nSPS) is 19.2. The number of aryl methyl sites for hydroxylation is 1. The van der Waals surface area contributed by atoms with Gasteiger partial charge in [0.1, 0.15) is 0 Å². The van der Waals surface area contributed by atoms with Crippen molar-refractivity contribution in [2.75, 3.05) is 31.1 Å². The fourth-order valence-electron chi connectivity index (χ4n) is 4.84. The summed E-state index contributed by atoms with van der Waals surface area (Å²) in [7, 11) is 0. The number of anilines is 1. The lowest BCUT2D eigenvalue weighted by Crippen LogP contribution is -2.45. The Hall–Kier alpha value is -1.84. The third-order valence-electron chi connectivity index (χ3n) is 6.75. The molecule has 1 spiro atoms. The molecule has 2 aliphatic heterocycles. The summed E-state index contributed by atoms with van der Waals surface area (Å²) in [6.07, 6.45) is 7.96. The highest BCUT2D eigenvalue weighted by molar-refractivity contribution is 6.30. The van der Waals surface area contributed by atoms with Gasteiger partial charge in [0.25, 0.3) is 0 Å². The Labute approximate surface area is 179 Å². The molecule has 4 rings (SSSR count). The van der Waals surface area contributed by atoms with Crippen LogP contribution < -0.4 is 4.90 Å². The minimum absolute atomic E-state index is 0.135. The van der Waals surface area contributed by atoms with E-state index in [9.17, 15) is 4.79 Å². The number of amides is 1. The minimum Gasteiger partial charge on any atom is -0.312 e. The van der Waals surface area contributed by atoms with Crippen LogP contribution in [0.1, 0.15) is 44.1 Å². The zero-order valence-electron chi connectivity index (χ0n) is 17.2. The predicted octanol–water partition coefficient (Wildman–Crippen LogP) is 5.57. The number of hydrogen-bond donors (Lipinski definition) is 0. The highest BCUT2D eigenvalue weighted by atomic mass is 35.5. The number of nitrogens with zero attached hydrogens (tertiary/aromatic N) is 2. The van der Waals surface area contributed by atoms with Gasteiger partial charge in [-0.1, -0.05) is 48.4 Å². The zero-order chi connectivity index (χ0) is 20.1. The number of piperidine rings is 1. The summed E-state index contributed by atoms with van der Waals surface area (Å²) in [6.45, 7) is 4.11. The van der Waals surface area contributed by atoms with Crippen LogP contribution in [0.2, 0.25) is 5.02 Å². The van der Waals surface area contributed by atoms with Gasteiger partial charge in [-0.2, -0.15) is 0 Å². The first kappa shape index (κ1) is 20.4. The number of halogens is 1. The molecule has 0 N–H and O–H groups in total. The first-order chi connectivity index (χ1) is 14.2. The van der Waals surface area contributed by atoms with Crippen molar-refractivity contribution in [1.82, 2.24) is 4.90 Å². The summed E-state index contributed by atoms with van der Waals surface area (Å²) in [6, 6.07) is 18.4. The van der Waals surface area contributed by atoms with Gasteiger partial charge in [-0.05, 0) is 88.0 Å². The highest BCUT2D eigenvalue weighted by Crippen LogP contribution is 2.43. The molecule has 2 fully saturated rings. The summed E-state index contributed by atoms with van der Waals surface area (Å²) >= 11 is 6.00. The monoisotopic (exact) mass is 410 g/mol. The molecule has 0 bridgehead atoms. The van der Waals surface area contributed by atoms with Gasteiger partial charge in [-0.25, -0.2) is 0 Å². The maximum atomic E-state index is 13.2. The van der Waals surface area contributed by atoms with E-state index in [1.54, 1.807) is 0 Å². The second-order valence-corrected chi connectivity index (χ2v) is 9.04. The van der Waals surface area contributed by atoms with Crippen LogP contribution in [-0.4, -0.2) is 37.0 Å². The summed E-state index contributed by atoms with van der Waals surface area (Å²) in [5.41, 5.74) is 2.29.